The molecule has 0 aliphatic carbocycles. The van der Waals surface area contributed by atoms with E-state index in [2.05, 4.69) is 5.32 Å². The zero-order valence-corrected chi connectivity index (χ0v) is 9.34. The molecule has 4 nitrogen and oxygen atoms in total. The highest BCUT2D eigenvalue weighted by atomic mass is 16.5. The number of nitrogens with one attached hydrogen (secondary N) is 1. The van der Waals surface area contributed by atoms with Crippen molar-refractivity contribution in [3.05, 3.63) is 0 Å². The number of unbranched alkanes of at least 4 members (excludes halogenated alkanes) is 1. The van der Waals surface area contributed by atoms with E-state index in [1.807, 2.05) is 13.8 Å². The van der Waals surface area contributed by atoms with Crippen molar-refractivity contribution in [2.75, 3.05) is 19.8 Å². The van der Waals surface area contributed by atoms with E-state index in [0.717, 1.165) is 19.4 Å². The summed E-state index contributed by atoms with van der Waals surface area (Å²) in [4.78, 5) is 10.8. The number of alkyl carbamates (subject to hydrolysis) is 1. The van der Waals surface area contributed by atoms with E-state index >= 15 is 0 Å². The van der Waals surface area contributed by atoms with Gasteiger partial charge in [-0.15, -0.1) is 0 Å². The highest BCUT2D eigenvalue weighted by Crippen LogP contribution is 1.93. The van der Waals surface area contributed by atoms with Crippen LogP contribution in [0, 0.1) is 0 Å². The summed E-state index contributed by atoms with van der Waals surface area (Å²) in [7, 11) is 0. The standard InChI is InChI=1S/C10H21NO3/c1-4-13-10(12)11-7-5-6-8-14-9(2)3/h9H,4-8H2,1-3H3,(H,11,12). The predicted molar refractivity (Wildman–Crippen MR) is 55.3 cm³/mol. The molecule has 0 aliphatic rings. The second-order valence-corrected chi connectivity index (χ2v) is 3.27. The lowest BCUT2D eigenvalue weighted by atomic mass is 10.3. The van der Waals surface area contributed by atoms with E-state index < -0.39 is 0 Å². The molecule has 0 atom stereocenters. The molecule has 0 heterocycles. The second-order valence-electron chi connectivity index (χ2n) is 3.27. The Kier molecular flexibility index (Phi) is 8.33. The molecule has 84 valence electrons. The maximum atomic E-state index is 10.8. The molecule has 0 fully saturated rings. The second kappa shape index (κ2) is 8.81. The average Bonchev–Trinajstić information content (AvgIpc) is 2.11. The lowest BCUT2D eigenvalue weighted by Crippen LogP contribution is -2.25. The first-order valence-electron chi connectivity index (χ1n) is 5.19. The smallest absolute Gasteiger partial charge is 0.407 e. The Labute approximate surface area is 86.0 Å². The Bertz CT molecular complexity index is 148. The Balaban J connectivity index is 3.09. The number of rotatable bonds is 7. The number of hydrogen-bond donors (Lipinski definition) is 1. The SMILES string of the molecule is CCOC(=O)NCCCCOC(C)C. The minimum atomic E-state index is -0.336. The molecule has 0 aromatic carbocycles. The van der Waals surface area contributed by atoms with Crippen LogP contribution in [-0.4, -0.2) is 32.0 Å². The lowest BCUT2D eigenvalue weighted by molar-refractivity contribution is 0.0758. The van der Waals surface area contributed by atoms with E-state index in [0.29, 0.717) is 13.2 Å². The third kappa shape index (κ3) is 9.32. The zero-order chi connectivity index (χ0) is 10.8. The third-order valence-corrected chi connectivity index (χ3v) is 1.57. The summed E-state index contributed by atoms with van der Waals surface area (Å²) in [5, 5.41) is 2.65. The molecule has 0 aliphatic heterocycles. The molecule has 1 N–H and O–H groups in total. The number of ether oxygens (including phenoxy) is 2. The van der Waals surface area contributed by atoms with Gasteiger partial charge >= 0.3 is 6.09 Å². The van der Waals surface area contributed by atoms with Gasteiger partial charge in [-0.25, -0.2) is 4.79 Å². The van der Waals surface area contributed by atoms with E-state index in [-0.39, 0.29) is 12.2 Å². The molecule has 4 heteroatoms. The number of hydrogen-bond acceptors (Lipinski definition) is 3. The van der Waals surface area contributed by atoms with Crippen molar-refractivity contribution in [1.29, 1.82) is 0 Å². The Morgan fingerprint density at radius 2 is 2.07 bits per heavy atom. The molecule has 0 aromatic rings. The Morgan fingerprint density at radius 1 is 1.36 bits per heavy atom. The zero-order valence-electron chi connectivity index (χ0n) is 9.34. The van der Waals surface area contributed by atoms with Crippen LogP contribution in [0.5, 0.6) is 0 Å². The normalized spacial score (nSPS) is 10.3. The van der Waals surface area contributed by atoms with Crippen molar-refractivity contribution < 1.29 is 14.3 Å². The van der Waals surface area contributed by atoms with Crippen LogP contribution in [0.2, 0.25) is 0 Å². The summed E-state index contributed by atoms with van der Waals surface area (Å²) in [6, 6.07) is 0. The monoisotopic (exact) mass is 203 g/mol. The quantitative estimate of drug-likeness (QED) is 0.643. The molecule has 1 amide bonds. The minimum Gasteiger partial charge on any atom is -0.450 e. The van der Waals surface area contributed by atoms with Crippen LogP contribution in [0.3, 0.4) is 0 Å². The summed E-state index contributed by atoms with van der Waals surface area (Å²) in [6.45, 7) is 7.63. The molecule has 0 radical (unpaired) electrons. The molecule has 0 unspecified atom stereocenters. The Morgan fingerprint density at radius 3 is 2.64 bits per heavy atom. The van der Waals surface area contributed by atoms with Crippen molar-refractivity contribution in [3.8, 4) is 0 Å². The van der Waals surface area contributed by atoms with Gasteiger partial charge in [-0.3, -0.25) is 0 Å². The van der Waals surface area contributed by atoms with Crippen LogP contribution >= 0.6 is 0 Å². The van der Waals surface area contributed by atoms with Gasteiger partial charge in [-0.2, -0.15) is 0 Å². The van der Waals surface area contributed by atoms with Gasteiger partial charge in [0.05, 0.1) is 12.7 Å². The fraction of sp³-hybridized carbons (Fsp3) is 0.900. The van der Waals surface area contributed by atoms with E-state index in [4.69, 9.17) is 9.47 Å². The van der Waals surface area contributed by atoms with E-state index in [9.17, 15) is 4.79 Å². The molecule has 14 heavy (non-hydrogen) atoms. The average molecular weight is 203 g/mol. The van der Waals surface area contributed by atoms with Crippen molar-refractivity contribution in [2.24, 2.45) is 0 Å². The van der Waals surface area contributed by atoms with Gasteiger partial charge in [0.2, 0.25) is 0 Å². The van der Waals surface area contributed by atoms with Crippen molar-refractivity contribution >= 4 is 6.09 Å². The van der Waals surface area contributed by atoms with Gasteiger partial charge in [0.15, 0.2) is 0 Å². The van der Waals surface area contributed by atoms with Crippen LogP contribution in [-0.2, 0) is 9.47 Å². The molecular formula is C10H21NO3. The molecule has 0 saturated carbocycles. The molecule has 0 saturated heterocycles. The highest BCUT2D eigenvalue weighted by molar-refractivity contribution is 5.66. The largest absolute Gasteiger partial charge is 0.450 e. The van der Waals surface area contributed by atoms with Gasteiger partial charge in [-0.1, -0.05) is 0 Å². The molecule has 0 spiro atoms. The summed E-state index contributed by atoms with van der Waals surface area (Å²) in [5.41, 5.74) is 0. The highest BCUT2D eigenvalue weighted by Gasteiger charge is 1.98. The number of carbonyl (C=O) groups excluding carboxylic acids is 1. The molecular weight excluding hydrogens is 182 g/mol. The van der Waals surface area contributed by atoms with Crippen molar-refractivity contribution in [3.63, 3.8) is 0 Å². The maximum absolute atomic E-state index is 10.8. The topological polar surface area (TPSA) is 47.6 Å². The van der Waals surface area contributed by atoms with E-state index in [1.54, 1.807) is 6.92 Å². The van der Waals surface area contributed by atoms with Crippen molar-refractivity contribution in [2.45, 2.75) is 39.7 Å². The van der Waals surface area contributed by atoms with Gasteiger partial charge in [0.1, 0.15) is 0 Å². The summed E-state index contributed by atoms with van der Waals surface area (Å²) in [5.74, 6) is 0. The first-order chi connectivity index (χ1) is 6.66. The molecule has 0 aromatic heterocycles. The van der Waals surface area contributed by atoms with Gasteiger partial charge in [-0.05, 0) is 33.6 Å². The lowest BCUT2D eigenvalue weighted by Gasteiger charge is -2.07. The fourth-order valence-corrected chi connectivity index (χ4v) is 0.919. The minimum absolute atomic E-state index is 0.285. The Hall–Kier alpha value is -0.770. The summed E-state index contributed by atoms with van der Waals surface area (Å²) < 4.78 is 10.1. The maximum Gasteiger partial charge on any atom is 0.407 e. The summed E-state index contributed by atoms with van der Waals surface area (Å²) in [6.07, 6.45) is 1.83. The summed E-state index contributed by atoms with van der Waals surface area (Å²) >= 11 is 0. The van der Waals surface area contributed by atoms with E-state index in [1.165, 1.54) is 0 Å². The number of carbonyl (C=O) groups is 1. The third-order valence-electron chi connectivity index (χ3n) is 1.57. The first kappa shape index (κ1) is 13.2. The van der Waals surface area contributed by atoms with Gasteiger partial charge in [0.25, 0.3) is 0 Å². The van der Waals surface area contributed by atoms with Crippen molar-refractivity contribution in [1.82, 2.24) is 5.32 Å². The molecule has 0 rings (SSSR count). The van der Waals surface area contributed by atoms with Crippen LogP contribution in [0.15, 0.2) is 0 Å². The van der Waals surface area contributed by atoms with Crippen LogP contribution in [0.25, 0.3) is 0 Å². The predicted octanol–water partition coefficient (Wildman–Crippen LogP) is 1.94. The van der Waals surface area contributed by atoms with Crippen LogP contribution in [0.4, 0.5) is 4.79 Å². The van der Waals surface area contributed by atoms with Gasteiger partial charge in [0, 0.05) is 13.2 Å². The van der Waals surface area contributed by atoms with Crippen LogP contribution < -0.4 is 5.32 Å². The first-order valence-corrected chi connectivity index (χ1v) is 5.19. The molecule has 0 bridgehead atoms. The van der Waals surface area contributed by atoms with Gasteiger partial charge < -0.3 is 14.8 Å². The van der Waals surface area contributed by atoms with Crippen LogP contribution in [0.1, 0.15) is 33.6 Å². The number of amides is 1. The fourth-order valence-electron chi connectivity index (χ4n) is 0.919.